The first-order valence-corrected chi connectivity index (χ1v) is 8.96. The number of nitrogens with zero attached hydrogens (tertiary/aromatic N) is 3. The Morgan fingerprint density at radius 2 is 1.68 bits per heavy atom. The van der Waals surface area contributed by atoms with Gasteiger partial charge in [-0.15, -0.1) is 0 Å². The van der Waals surface area contributed by atoms with Gasteiger partial charge < -0.3 is 30.8 Å². The summed E-state index contributed by atoms with van der Waals surface area (Å²) >= 11 is 0. The van der Waals surface area contributed by atoms with Gasteiger partial charge in [-0.2, -0.15) is 19.8 Å². The number of ether oxygens (including phenoxy) is 3. The smallest absolute Gasteiger partial charge is 0.346 e. The van der Waals surface area contributed by atoms with Crippen LogP contribution in [-0.4, -0.2) is 59.4 Å². The molecule has 168 valence electrons. The third-order valence-electron chi connectivity index (χ3n) is 4.27. The molecule has 5 N–H and O–H groups in total. The first-order chi connectivity index (χ1) is 14.7. The summed E-state index contributed by atoms with van der Waals surface area (Å²) in [6.45, 7) is 5.08. The third kappa shape index (κ3) is 5.31. The largest absolute Gasteiger partial charge is 0.456 e. The first kappa shape index (κ1) is 24.1. The van der Waals surface area contributed by atoms with Crippen LogP contribution in [0.4, 0.5) is 11.9 Å². The fourth-order valence-electron chi connectivity index (χ4n) is 2.73. The molecule has 0 saturated heterocycles. The zero-order valence-electron chi connectivity index (χ0n) is 17.6. The van der Waals surface area contributed by atoms with Crippen LogP contribution in [0, 0.1) is 0 Å². The molecule has 0 aliphatic heterocycles. The van der Waals surface area contributed by atoms with Crippen molar-refractivity contribution in [2.45, 2.75) is 25.1 Å². The van der Waals surface area contributed by atoms with Crippen molar-refractivity contribution < 1.29 is 33.9 Å². The number of methoxy groups -OCH3 is 2. The van der Waals surface area contributed by atoms with E-state index in [4.69, 9.17) is 30.6 Å². The number of aromatic nitrogens is 3. The van der Waals surface area contributed by atoms with Gasteiger partial charge in [0.25, 0.3) is 0 Å². The van der Waals surface area contributed by atoms with Crippen molar-refractivity contribution in [2.24, 2.45) is 0 Å². The molecule has 0 radical (unpaired) electrons. The number of nitrogens with two attached hydrogens (primary N) is 2. The third-order valence-corrected chi connectivity index (χ3v) is 4.27. The number of esters is 1. The van der Waals surface area contributed by atoms with Gasteiger partial charge in [-0.05, 0) is 12.5 Å². The topological polar surface area (TPSA) is 174 Å². The van der Waals surface area contributed by atoms with Crippen LogP contribution >= 0.6 is 0 Å². The molecule has 1 aromatic carbocycles. The van der Waals surface area contributed by atoms with E-state index in [1.165, 1.54) is 28.3 Å². The molecule has 2 aromatic rings. The van der Waals surface area contributed by atoms with Crippen molar-refractivity contribution in [1.29, 1.82) is 0 Å². The van der Waals surface area contributed by atoms with Crippen molar-refractivity contribution in [1.82, 2.24) is 15.0 Å². The fourth-order valence-corrected chi connectivity index (χ4v) is 2.73. The molecule has 12 nitrogen and oxygen atoms in total. The number of anilines is 2. The number of aliphatic hydroxyl groups is 1. The fraction of sp³-hybridized carbons (Fsp3) is 0.368. The van der Waals surface area contributed by atoms with E-state index in [0.717, 1.165) is 0 Å². The van der Waals surface area contributed by atoms with E-state index < -0.39 is 24.2 Å². The molecule has 0 saturated carbocycles. The molecule has 2 atom stereocenters. The summed E-state index contributed by atoms with van der Waals surface area (Å²) in [7, 11) is 3.65. The Bertz CT molecular complexity index is 915. The molecule has 0 bridgehead atoms. The number of hydrogen-bond acceptors (Lipinski definition) is 12. The molecule has 0 fully saturated rings. The highest BCUT2D eigenvalue weighted by Crippen LogP contribution is 2.31. The first-order valence-electron chi connectivity index (χ1n) is 8.96. The molecule has 2 rings (SSSR count). The lowest BCUT2D eigenvalue weighted by atomic mass is 9.98. The molecule has 1 aromatic heterocycles. The molecular formula is C19H25N5O7. The minimum Gasteiger partial charge on any atom is -0.456 e. The molecule has 12 heteroatoms. The Labute approximate surface area is 178 Å². The molecule has 0 aliphatic rings. The van der Waals surface area contributed by atoms with Gasteiger partial charge in [-0.1, -0.05) is 30.8 Å². The van der Waals surface area contributed by atoms with Gasteiger partial charge in [0.05, 0.1) is 7.11 Å². The van der Waals surface area contributed by atoms with Crippen LogP contribution in [0.5, 0.6) is 0 Å². The molecule has 0 aliphatic carbocycles. The van der Waals surface area contributed by atoms with Crippen molar-refractivity contribution in [3.05, 3.63) is 42.0 Å². The maximum atomic E-state index is 12.6. The Morgan fingerprint density at radius 1 is 1.10 bits per heavy atom. The summed E-state index contributed by atoms with van der Waals surface area (Å²) in [4.78, 5) is 33.8. The second-order valence-electron chi connectivity index (χ2n) is 6.21. The maximum Gasteiger partial charge on any atom is 0.346 e. The van der Waals surface area contributed by atoms with Crippen LogP contribution in [-0.2, 0) is 28.8 Å². The van der Waals surface area contributed by atoms with Crippen LogP contribution in [0.15, 0.2) is 36.4 Å². The summed E-state index contributed by atoms with van der Waals surface area (Å²) in [5.41, 5.74) is 11.8. The lowest BCUT2D eigenvalue weighted by Crippen LogP contribution is -2.42. The Kier molecular flexibility index (Phi) is 7.96. The highest BCUT2D eigenvalue weighted by molar-refractivity contribution is 5.89. The SMILES string of the molecule is C=C(C(=O)OC(C)C(O)c1ccccc1-c1nc(N)nc(N)n1)C(OC)(OC)OOC. The lowest BCUT2D eigenvalue weighted by Gasteiger charge is -2.29. The number of aliphatic hydroxyl groups excluding tert-OH is 1. The number of carbonyl (C=O) groups is 1. The summed E-state index contributed by atoms with van der Waals surface area (Å²) in [5.74, 6) is -2.95. The van der Waals surface area contributed by atoms with Gasteiger partial charge >= 0.3 is 11.9 Å². The normalized spacial score (nSPS) is 13.5. The second-order valence-corrected chi connectivity index (χ2v) is 6.21. The summed E-state index contributed by atoms with van der Waals surface area (Å²) in [5, 5.41) is 10.9. The molecule has 1 heterocycles. The van der Waals surface area contributed by atoms with E-state index in [-0.39, 0.29) is 23.3 Å². The minimum absolute atomic E-state index is 0.0730. The highest BCUT2D eigenvalue weighted by atomic mass is 17.3. The molecule has 0 amide bonds. The van der Waals surface area contributed by atoms with E-state index in [1.54, 1.807) is 24.3 Å². The van der Waals surface area contributed by atoms with Gasteiger partial charge in [0, 0.05) is 19.8 Å². The zero-order valence-corrected chi connectivity index (χ0v) is 17.6. The number of nitrogen functional groups attached to an aromatic ring is 2. The van der Waals surface area contributed by atoms with Crippen molar-refractivity contribution in [3.8, 4) is 11.4 Å². The standard InChI is InChI=1S/C19H25N5O7/c1-10(19(27-3,28-4)31-29-5)16(26)30-11(2)14(25)12-8-6-7-9-13(12)15-22-17(20)24-18(21)23-15/h6-9,11,14,25H,1H2,2-5H3,(H4,20,21,22,23,24). The monoisotopic (exact) mass is 435 g/mol. The lowest BCUT2D eigenvalue weighted by molar-refractivity contribution is -0.472. The van der Waals surface area contributed by atoms with Gasteiger partial charge in [0.15, 0.2) is 5.82 Å². The van der Waals surface area contributed by atoms with Crippen molar-refractivity contribution >= 4 is 17.9 Å². The number of carbonyl (C=O) groups excluding carboxylic acids is 1. The average Bonchev–Trinajstić information content (AvgIpc) is 2.75. The Hall–Kier alpha value is -3.16. The predicted molar refractivity (Wildman–Crippen MR) is 109 cm³/mol. The van der Waals surface area contributed by atoms with Gasteiger partial charge in [-0.25, -0.2) is 9.68 Å². The minimum atomic E-state index is -2.02. The van der Waals surface area contributed by atoms with E-state index >= 15 is 0 Å². The van der Waals surface area contributed by atoms with E-state index in [0.29, 0.717) is 11.1 Å². The predicted octanol–water partition coefficient (Wildman–Crippen LogP) is 0.749. The average molecular weight is 435 g/mol. The maximum absolute atomic E-state index is 12.6. The van der Waals surface area contributed by atoms with E-state index in [1.807, 2.05) is 0 Å². The molecular weight excluding hydrogens is 410 g/mol. The van der Waals surface area contributed by atoms with Crippen molar-refractivity contribution in [3.63, 3.8) is 0 Å². The Balaban J connectivity index is 2.27. The van der Waals surface area contributed by atoms with Crippen LogP contribution < -0.4 is 11.5 Å². The van der Waals surface area contributed by atoms with Crippen LogP contribution in [0.1, 0.15) is 18.6 Å². The number of benzene rings is 1. The van der Waals surface area contributed by atoms with E-state index in [2.05, 4.69) is 26.4 Å². The summed E-state index contributed by atoms with van der Waals surface area (Å²) < 4.78 is 15.5. The zero-order chi connectivity index (χ0) is 23.2. The summed E-state index contributed by atoms with van der Waals surface area (Å²) in [6, 6.07) is 6.69. The molecule has 0 spiro atoms. The van der Waals surface area contributed by atoms with Gasteiger partial charge in [-0.3, -0.25) is 0 Å². The van der Waals surface area contributed by atoms with Crippen LogP contribution in [0.2, 0.25) is 0 Å². The van der Waals surface area contributed by atoms with E-state index in [9.17, 15) is 9.90 Å². The van der Waals surface area contributed by atoms with Crippen molar-refractivity contribution in [2.75, 3.05) is 32.8 Å². The number of hydrogen-bond donors (Lipinski definition) is 3. The molecule has 2 unspecified atom stereocenters. The highest BCUT2D eigenvalue weighted by Gasteiger charge is 2.42. The van der Waals surface area contributed by atoms with Gasteiger partial charge in [0.2, 0.25) is 11.9 Å². The van der Waals surface area contributed by atoms with Gasteiger partial charge in [0.1, 0.15) is 17.8 Å². The Morgan fingerprint density at radius 3 is 2.23 bits per heavy atom. The summed E-state index contributed by atoms with van der Waals surface area (Å²) in [6.07, 6.45) is -2.30. The quantitative estimate of drug-likeness (QED) is 0.157. The van der Waals surface area contributed by atoms with Crippen LogP contribution in [0.25, 0.3) is 11.4 Å². The molecule has 31 heavy (non-hydrogen) atoms. The second kappa shape index (κ2) is 10.2. The number of rotatable bonds is 10. The van der Waals surface area contributed by atoms with Crippen LogP contribution in [0.3, 0.4) is 0 Å².